The summed E-state index contributed by atoms with van der Waals surface area (Å²) in [4.78, 5) is 18.5. The van der Waals surface area contributed by atoms with Gasteiger partial charge in [0.25, 0.3) is 5.91 Å². The highest BCUT2D eigenvalue weighted by Crippen LogP contribution is 2.20. The predicted octanol–water partition coefficient (Wildman–Crippen LogP) is 4.41. The molecule has 23 heavy (non-hydrogen) atoms. The van der Waals surface area contributed by atoms with Gasteiger partial charge in [0.2, 0.25) is 0 Å². The van der Waals surface area contributed by atoms with Crippen LogP contribution in [0.1, 0.15) is 15.9 Å². The molecular formula is C18H14BrFN2O. The Labute approximate surface area is 141 Å². The number of hydrogen-bond donors (Lipinski definition) is 0. The Morgan fingerprint density at radius 2 is 2.00 bits per heavy atom. The van der Waals surface area contributed by atoms with Crippen molar-refractivity contribution in [2.45, 2.75) is 6.54 Å². The molecule has 1 aromatic heterocycles. The first-order valence-corrected chi connectivity index (χ1v) is 7.88. The van der Waals surface area contributed by atoms with Crippen LogP contribution in [0.15, 0.2) is 59.2 Å². The van der Waals surface area contributed by atoms with Gasteiger partial charge < -0.3 is 4.90 Å². The van der Waals surface area contributed by atoms with E-state index in [1.807, 2.05) is 24.3 Å². The summed E-state index contributed by atoms with van der Waals surface area (Å²) >= 11 is 3.32. The maximum Gasteiger partial charge on any atom is 0.256 e. The Kier molecular flexibility index (Phi) is 4.39. The van der Waals surface area contributed by atoms with E-state index in [1.165, 1.54) is 11.0 Å². The van der Waals surface area contributed by atoms with Gasteiger partial charge >= 0.3 is 0 Å². The first-order valence-electron chi connectivity index (χ1n) is 7.09. The molecule has 3 rings (SSSR count). The lowest BCUT2D eigenvalue weighted by atomic mass is 10.1. The smallest absolute Gasteiger partial charge is 0.256 e. The average Bonchev–Trinajstić information content (AvgIpc) is 2.57. The third-order valence-electron chi connectivity index (χ3n) is 3.63. The van der Waals surface area contributed by atoms with Gasteiger partial charge in [0.15, 0.2) is 0 Å². The maximum absolute atomic E-state index is 13.9. The molecule has 0 saturated carbocycles. The molecule has 0 aliphatic carbocycles. The van der Waals surface area contributed by atoms with Gasteiger partial charge in [-0.2, -0.15) is 0 Å². The van der Waals surface area contributed by atoms with Gasteiger partial charge in [-0.15, -0.1) is 0 Å². The summed E-state index contributed by atoms with van der Waals surface area (Å²) in [5, 5.41) is 0.903. The Hall–Kier alpha value is -2.27. The van der Waals surface area contributed by atoms with Crippen molar-refractivity contribution in [1.82, 2.24) is 9.88 Å². The molecule has 0 bridgehead atoms. The van der Waals surface area contributed by atoms with Crippen LogP contribution in [0.4, 0.5) is 4.39 Å². The molecule has 0 fully saturated rings. The molecule has 0 saturated heterocycles. The molecule has 5 heteroatoms. The van der Waals surface area contributed by atoms with Gasteiger partial charge in [-0.25, -0.2) is 4.39 Å². The molecule has 0 spiro atoms. The fraction of sp³-hybridized carbons (Fsp3) is 0.111. The number of halogens is 2. The molecule has 0 aliphatic rings. The molecule has 3 aromatic rings. The van der Waals surface area contributed by atoms with E-state index in [0.717, 1.165) is 9.86 Å². The SMILES string of the molecule is CN(Cc1cc(Br)ccc1F)C(=O)c1cccc2cccnc12. The maximum atomic E-state index is 13.9. The van der Waals surface area contributed by atoms with Crippen molar-refractivity contribution in [3.8, 4) is 0 Å². The quantitative estimate of drug-likeness (QED) is 0.682. The Morgan fingerprint density at radius 1 is 1.22 bits per heavy atom. The fourth-order valence-corrected chi connectivity index (χ4v) is 2.88. The number of benzene rings is 2. The number of para-hydroxylation sites is 1. The third kappa shape index (κ3) is 3.24. The van der Waals surface area contributed by atoms with Crippen molar-refractivity contribution in [2.75, 3.05) is 7.05 Å². The lowest BCUT2D eigenvalue weighted by Gasteiger charge is -2.18. The van der Waals surface area contributed by atoms with E-state index in [4.69, 9.17) is 0 Å². The van der Waals surface area contributed by atoms with E-state index in [0.29, 0.717) is 16.6 Å². The molecule has 0 aliphatic heterocycles. The summed E-state index contributed by atoms with van der Waals surface area (Å²) in [5.74, 6) is -0.516. The molecule has 0 unspecified atom stereocenters. The molecule has 1 amide bonds. The topological polar surface area (TPSA) is 33.2 Å². The fourth-order valence-electron chi connectivity index (χ4n) is 2.47. The summed E-state index contributed by atoms with van der Waals surface area (Å²) in [6.07, 6.45) is 1.66. The second-order valence-electron chi connectivity index (χ2n) is 5.28. The van der Waals surface area contributed by atoms with Crippen LogP contribution in [-0.2, 0) is 6.54 Å². The standard InChI is InChI=1S/C18H14BrFN2O/c1-22(11-13-10-14(19)7-8-16(13)20)18(23)15-6-2-4-12-5-3-9-21-17(12)15/h2-10H,11H2,1H3. The van der Waals surface area contributed by atoms with Crippen molar-refractivity contribution in [3.05, 3.63) is 76.1 Å². The highest BCUT2D eigenvalue weighted by molar-refractivity contribution is 9.10. The van der Waals surface area contributed by atoms with E-state index in [9.17, 15) is 9.18 Å². The summed E-state index contributed by atoms with van der Waals surface area (Å²) in [7, 11) is 1.66. The van der Waals surface area contributed by atoms with Gasteiger partial charge in [-0.1, -0.05) is 34.1 Å². The zero-order chi connectivity index (χ0) is 16.4. The van der Waals surface area contributed by atoms with E-state index in [1.54, 1.807) is 31.4 Å². The van der Waals surface area contributed by atoms with E-state index >= 15 is 0 Å². The largest absolute Gasteiger partial charge is 0.337 e. The molecule has 116 valence electrons. The number of carbonyl (C=O) groups is 1. The molecule has 2 aromatic carbocycles. The van der Waals surface area contributed by atoms with Crippen molar-refractivity contribution < 1.29 is 9.18 Å². The second kappa shape index (κ2) is 6.46. The van der Waals surface area contributed by atoms with E-state index in [2.05, 4.69) is 20.9 Å². The normalized spacial score (nSPS) is 10.7. The number of fused-ring (bicyclic) bond motifs is 1. The van der Waals surface area contributed by atoms with Gasteiger partial charge in [0.05, 0.1) is 11.1 Å². The van der Waals surface area contributed by atoms with E-state index in [-0.39, 0.29) is 18.3 Å². The first-order chi connectivity index (χ1) is 11.1. The minimum absolute atomic E-state index is 0.186. The molecular weight excluding hydrogens is 359 g/mol. The predicted molar refractivity (Wildman–Crippen MR) is 91.6 cm³/mol. The highest BCUT2D eigenvalue weighted by atomic mass is 79.9. The summed E-state index contributed by atoms with van der Waals surface area (Å²) in [5.41, 5.74) is 1.63. The zero-order valence-corrected chi connectivity index (χ0v) is 14.0. The molecule has 0 radical (unpaired) electrons. The van der Waals surface area contributed by atoms with Crippen molar-refractivity contribution >= 4 is 32.7 Å². The summed E-state index contributed by atoms with van der Waals surface area (Å²) in [6, 6.07) is 13.9. The minimum atomic E-state index is -0.330. The van der Waals surface area contributed by atoms with Gasteiger partial charge in [-0.05, 0) is 30.3 Å². The third-order valence-corrected chi connectivity index (χ3v) is 4.12. The van der Waals surface area contributed by atoms with Crippen LogP contribution in [0, 0.1) is 5.82 Å². The van der Waals surface area contributed by atoms with Crippen LogP contribution in [0.2, 0.25) is 0 Å². The van der Waals surface area contributed by atoms with Gasteiger partial charge in [0, 0.05) is 35.2 Å². The van der Waals surface area contributed by atoms with Crippen LogP contribution in [0.25, 0.3) is 10.9 Å². The van der Waals surface area contributed by atoms with Gasteiger partial charge in [0.1, 0.15) is 5.82 Å². The van der Waals surface area contributed by atoms with Crippen molar-refractivity contribution in [3.63, 3.8) is 0 Å². The van der Waals surface area contributed by atoms with Crippen LogP contribution >= 0.6 is 15.9 Å². The Balaban J connectivity index is 1.91. The number of pyridine rings is 1. The van der Waals surface area contributed by atoms with Crippen LogP contribution in [0.5, 0.6) is 0 Å². The number of nitrogens with zero attached hydrogens (tertiary/aromatic N) is 2. The lowest BCUT2D eigenvalue weighted by molar-refractivity contribution is 0.0785. The van der Waals surface area contributed by atoms with Crippen molar-refractivity contribution in [2.24, 2.45) is 0 Å². The van der Waals surface area contributed by atoms with Crippen LogP contribution < -0.4 is 0 Å². The number of rotatable bonds is 3. The molecule has 3 nitrogen and oxygen atoms in total. The summed E-state index contributed by atoms with van der Waals surface area (Å²) in [6.45, 7) is 0.188. The Bertz CT molecular complexity index is 877. The van der Waals surface area contributed by atoms with Crippen molar-refractivity contribution in [1.29, 1.82) is 0 Å². The monoisotopic (exact) mass is 372 g/mol. The summed E-state index contributed by atoms with van der Waals surface area (Å²) < 4.78 is 14.7. The van der Waals surface area contributed by atoms with Gasteiger partial charge in [-0.3, -0.25) is 9.78 Å². The number of hydrogen-bond acceptors (Lipinski definition) is 2. The van der Waals surface area contributed by atoms with E-state index < -0.39 is 0 Å². The number of aromatic nitrogens is 1. The van der Waals surface area contributed by atoms with Crippen LogP contribution in [0.3, 0.4) is 0 Å². The number of carbonyl (C=O) groups excluding carboxylic acids is 1. The lowest BCUT2D eigenvalue weighted by Crippen LogP contribution is -2.27. The number of amides is 1. The second-order valence-corrected chi connectivity index (χ2v) is 6.19. The highest BCUT2D eigenvalue weighted by Gasteiger charge is 2.17. The molecule has 0 N–H and O–H groups in total. The Morgan fingerprint density at radius 3 is 2.83 bits per heavy atom. The minimum Gasteiger partial charge on any atom is -0.337 e. The average molecular weight is 373 g/mol. The molecule has 1 heterocycles. The molecule has 0 atom stereocenters. The zero-order valence-electron chi connectivity index (χ0n) is 12.5. The first kappa shape index (κ1) is 15.6. The van der Waals surface area contributed by atoms with Crippen LogP contribution in [-0.4, -0.2) is 22.8 Å².